The van der Waals surface area contributed by atoms with Crippen molar-refractivity contribution < 1.29 is 4.52 Å². The van der Waals surface area contributed by atoms with E-state index in [-0.39, 0.29) is 0 Å². The van der Waals surface area contributed by atoms with Crippen LogP contribution in [0.2, 0.25) is 0 Å². The summed E-state index contributed by atoms with van der Waals surface area (Å²) >= 11 is 0. The lowest BCUT2D eigenvalue weighted by Gasteiger charge is -2.17. The van der Waals surface area contributed by atoms with E-state index in [9.17, 15) is 0 Å². The van der Waals surface area contributed by atoms with Gasteiger partial charge in [-0.1, -0.05) is 18.0 Å². The summed E-state index contributed by atoms with van der Waals surface area (Å²) in [5, 5.41) is 7.60. The van der Waals surface area contributed by atoms with Gasteiger partial charge in [-0.05, 0) is 38.8 Å². The van der Waals surface area contributed by atoms with Crippen LogP contribution in [0.4, 0.5) is 0 Å². The Labute approximate surface area is 109 Å². The van der Waals surface area contributed by atoms with Crippen molar-refractivity contribution in [2.24, 2.45) is 0 Å². The van der Waals surface area contributed by atoms with Gasteiger partial charge in [0.15, 0.2) is 5.76 Å². The van der Waals surface area contributed by atoms with Crippen LogP contribution in [-0.4, -0.2) is 29.2 Å². The largest absolute Gasteiger partial charge is 0.360 e. The Morgan fingerprint density at radius 1 is 1.22 bits per heavy atom. The van der Waals surface area contributed by atoms with E-state index in [1.807, 2.05) is 0 Å². The summed E-state index contributed by atoms with van der Waals surface area (Å²) in [6.45, 7) is 4.19. The standard InChI is InChI=1S/C14H23N3O/c1-2-4-8-17(7-3-1)11-14-9-13(16-18-14)10-15-12-5-6-12/h9,12,15H,1-8,10-11H2. The fourth-order valence-electron chi connectivity index (χ4n) is 2.56. The summed E-state index contributed by atoms with van der Waals surface area (Å²) in [5.41, 5.74) is 1.05. The van der Waals surface area contributed by atoms with E-state index in [1.165, 1.54) is 51.6 Å². The fraction of sp³-hybridized carbons (Fsp3) is 0.786. The third-order valence-electron chi connectivity index (χ3n) is 3.84. The van der Waals surface area contributed by atoms with Crippen LogP contribution in [0.1, 0.15) is 50.0 Å². The molecule has 0 radical (unpaired) electrons. The molecule has 0 amide bonds. The molecular formula is C14H23N3O. The number of nitrogens with one attached hydrogen (secondary N) is 1. The smallest absolute Gasteiger partial charge is 0.151 e. The molecule has 100 valence electrons. The van der Waals surface area contributed by atoms with Crippen LogP contribution in [0.25, 0.3) is 0 Å². The number of aromatic nitrogens is 1. The Kier molecular flexibility index (Phi) is 3.96. The molecule has 1 aliphatic carbocycles. The quantitative estimate of drug-likeness (QED) is 0.869. The number of rotatable bonds is 5. The summed E-state index contributed by atoms with van der Waals surface area (Å²) in [4.78, 5) is 2.49. The van der Waals surface area contributed by atoms with Gasteiger partial charge in [0.05, 0.1) is 12.2 Å². The molecule has 4 nitrogen and oxygen atoms in total. The molecule has 1 N–H and O–H groups in total. The van der Waals surface area contributed by atoms with Gasteiger partial charge in [0.1, 0.15) is 0 Å². The first kappa shape index (κ1) is 12.2. The molecule has 0 aromatic carbocycles. The maximum absolute atomic E-state index is 5.43. The maximum atomic E-state index is 5.43. The summed E-state index contributed by atoms with van der Waals surface area (Å²) in [5.74, 6) is 1.02. The van der Waals surface area contributed by atoms with Gasteiger partial charge in [-0.2, -0.15) is 0 Å². The van der Waals surface area contributed by atoms with E-state index in [4.69, 9.17) is 4.52 Å². The van der Waals surface area contributed by atoms with E-state index in [1.54, 1.807) is 0 Å². The molecule has 0 atom stereocenters. The van der Waals surface area contributed by atoms with Gasteiger partial charge in [0.25, 0.3) is 0 Å². The first-order valence-corrected chi connectivity index (χ1v) is 7.30. The van der Waals surface area contributed by atoms with Crippen molar-refractivity contribution in [2.45, 2.75) is 57.7 Å². The van der Waals surface area contributed by atoms with Crippen molar-refractivity contribution in [2.75, 3.05) is 13.1 Å². The molecule has 3 rings (SSSR count). The topological polar surface area (TPSA) is 41.3 Å². The van der Waals surface area contributed by atoms with Crippen LogP contribution in [-0.2, 0) is 13.1 Å². The molecular weight excluding hydrogens is 226 g/mol. The van der Waals surface area contributed by atoms with Crippen LogP contribution in [0.15, 0.2) is 10.6 Å². The summed E-state index contributed by atoms with van der Waals surface area (Å²) < 4.78 is 5.43. The molecule has 0 bridgehead atoms. The molecule has 2 aliphatic rings. The lowest BCUT2D eigenvalue weighted by molar-refractivity contribution is 0.238. The first-order valence-electron chi connectivity index (χ1n) is 7.30. The van der Waals surface area contributed by atoms with Crippen LogP contribution in [0.3, 0.4) is 0 Å². The average molecular weight is 249 g/mol. The monoisotopic (exact) mass is 249 g/mol. The molecule has 18 heavy (non-hydrogen) atoms. The van der Waals surface area contributed by atoms with E-state index in [0.29, 0.717) is 0 Å². The van der Waals surface area contributed by atoms with Crippen molar-refractivity contribution in [3.8, 4) is 0 Å². The van der Waals surface area contributed by atoms with Gasteiger partial charge in [-0.15, -0.1) is 0 Å². The third-order valence-corrected chi connectivity index (χ3v) is 3.84. The predicted molar refractivity (Wildman–Crippen MR) is 70.1 cm³/mol. The molecule has 0 spiro atoms. The Morgan fingerprint density at radius 2 is 2.00 bits per heavy atom. The van der Waals surface area contributed by atoms with Gasteiger partial charge >= 0.3 is 0 Å². The molecule has 2 heterocycles. The van der Waals surface area contributed by atoms with Gasteiger partial charge in [0.2, 0.25) is 0 Å². The number of nitrogens with zero attached hydrogens (tertiary/aromatic N) is 2. The second-order valence-corrected chi connectivity index (χ2v) is 5.63. The van der Waals surface area contributed by atoms with E-state index in [2.05, 4.69) is 21.4 Å². The zero-order valence-electron chi connectivity index (χ0n) is 11.0. The maximum Gasteiger partial charge on any atom is 0.151 e. The van der Waals surface area contributed by atoms with Crippen molar-refractivity contribution >= 4 is 0 Å². The van der Waals surface area contributed by atoms with Crippen LogP contribution in [0, 0.1) is 0 Å². The van der Waals surface area contributed by atoms with Gasteiger partial charge in [-0.3, -0.25) is 4.90 Å². The molecule has 1 saturated carbocycles. The minimum absolute atomic E-state index is 0.732. The summed E-state index contributed by atoms with van der Waals surface area (Å²) in [7, 11) is 0. The van der Waals surface area contributed by atoms with Crippen LogP contribution in [0.5, 0.6) is 0 Å². The summed E-state index contributed by atoms with van der Waals surface area (Å²) in [6, 6.07) is 2.84. The van der Waals surface area contributed by atoms with Crippen molar-refractivity contribution in [3.63, 3.8) is 0 Å². The normalized spacial score (nSPS) is 22.0. The first-order chi connectivity index (χ1) is 8.90. The van der Waals surface area contributed by atoms with Crippen LogP contribution >= 0.6 is 0 Å². The molecule has 1 aliphatic heterocycles. The molecule has 1 aromatic rings. The number of likely N-dealkylation sites (tertiary alicyclic amines) is 1. The highest BCUT2D eigenvalue weighted by atomic mass is 16.5. The van der Waals surface area contributed by atoms with Gasteiger partial charge in [-0.25, -0.2) is 0 Å². The second kappa shape index (κ2) is 5.85. The minimum atomic E-state index is 0.732. The zero-order valence-corrected chi connectivity index (χ0v) is 11.0. The predicted octanol–water partition coefficient (Wildman–Crippen LogP) is 2.30. The van der Waals surface area contributed by atoms with Gasteiger partial charge in [0, 0.05) is 18.7 Å². The zero-order chi connectivity index (χ0) is 12.2. The highest BCUT2D eigenvalue weighted by Crippen LogP contribution is 2.19. The second-order valence-electron chi connectivity index (χ2n) is 5.63. The van der Waals surface area contributed by atoms with Crippen molar-refractivity contribution in [3.05, 3.63) is 17.5 Å². The highest BCUT2D eigenvalue weighted by Gasteiger charge is 2.20. The lowest BCUT2D eigenvalue weighted by atomic mass is 10.2. The Bertz CT molecular complexity index is 365. The van der Waals surface area contributed by atoms with Crippen LogP contribution < -0.4 is 5.32 Å². The fourth-order valence-corrected chi connectivity index (χ4v) is 2.56. The van der Waals surface area contributed by atoms with Gasteiger partial charge < -0.3 is 9.84 Å². The third kappa shape index (κ3) is 3.56. The summed E-state index contributed by atoms with van der Waals surface area (Å²) in [6.07, 6.45) is 8.04. The average Bonchev–Trinajstić information content (AvgIpc) is 3.14. The molecule has 1 aromatic heterocycles. The Balaban J connectivity index is 1.48. The highest BCUT2D eigenvalue weighted by molar-refractivity contribution is 5.05. The Morgan fingerprint density at radius 3 is 2.72 bits per heavy atom. The van der Waals surface area contributed by atoms with E-state index < -0.39 is 0 Å². The number of hydrogen-bond acceptors (Lipinski definition) is 4. The van der Waals surface area contributed by atoms with E-state index in [0.717, 1.165) is 30.6 Å². The van der Waals surface area contributed by atoms with Crippen molar-refractivity contribution in [1.82, 2.24) is 15.4 Å². The minimum Gasteiger partial charge on any atom is -0.360 e. The SMILES string of the molecule is c1c(CNC2CC2)noc1CN1CCCCCC1. The van der Waals surface area contributed by atoms with E-state index >= 15 is 0 Å². The molecule has 0 unspecified atom stereocenters. The van der Waals surface area contributed by atoms with Crippen molar-refractivity contribution in [1.29, 1.82) is 0 Å². The molecule has 1 saturated heterocycles. The Hall–Kier alpha value is -0.870. The molecule has 2 fully saturated rings. The molecule has 4 heteroatoms. The number of hydrogen-bond donors (Lipinski definition) is 1. The lowest BCUT2D eigenvalue weighted by Crippen LogP contribution is -2.23.